The number of nitrogens with zero attached hydrogens (tertiary/aromatic N) is 1. The van der Waals surface area contributed by atoms with E-state index in [1.54, 1.807) is 24.3 Å². The number of rotatable bonds is 9. The zero-order valence-corrected chi connectivity index (χ0v) is 21.4. The zero-order chi connectivity index (χ0) is 23.9. The third-order valence-corrected chi connectivity index (χ3v) is 6.66. The van der Waals surface area contributed by atoms with Crippen molar-refractivity contribution in [1.29, 1.82) is 0 Å². The van der Waals surface area contributed by atoms with Crippen LogP contribution in [0.2, 0.25) is 0 Å². The van der Waals surface area contributed by atoms with Gasteiger partial charge in [-0.25, -0.2) is 4.79 Å². The van der Waals surface area contributed by atoms with Crippen LogP contribution in [0.3, 0.4) is 0 Å². The molecule has 35 heavy (non-hydrogen) atoms. The monoisotopic (exact) mass is 516 g/mol. The summed E-state index contributed by atoms with van der Waals surface area (Å²) in [6, 6.07) is 17.4. The highest BCUT2D eigenvalue weighted by Crippen LogP contribution is 2.38. The Hall–Kier alpha value is -3.07. The molecule has 1 N–H and O–H groups in total. The second-order valence-electron chi connectivity index (χ2n) is 7.89. The average molecular weight is 517 g/mol. The van der Waals surface area contributed by atoms with E-state index in [1.165, 1.54) is 24.0 Å². The lowest BCUT2D eigenvalue weighted by atomic mass is 10.0. The molecule has 2 heterocycles. The van der Waals surface area contributed by atoms with Gasteiger partial charge in [-0.2, -0.15) is 0 Å². The maximum atomic E-state index is 12.6. The zero-order valence-electron chi connectivity index (χ0n) is 19.7. The van der Waals surface area contributed by atoms with Crippen LogP contribution in [-0.4, -0.2) is 43.6 Å². The molecule has 1 aromatic heterocycles. The summed E-state index contributed by atoms with van der Waals surface area (Å²) in [5, 5.41) is 3.37. The number of ether oxygens (including phenoxy) is 3. The molecule has 7 nitrogen and oxygen atoms in total. The van der Waals surface area contributed by atoms with Gasteiger partial charge in [-0.3, -0.25) is 9.69 Å². The molecule has 1 aliphatic heterocycles. The highest BCUT2D eigenvalue weighted by atomic mass is 35.5. The maximum Gasteiger partial charge on any atom is 0.341 e. The van der Waals surface area contributed by atoms with Crippen LogP contribution in [0, 0.1) is 0 Å². The van der Waals surface area contributed by atoms with E-state index in [-0.39, 0.29) is 24.9 Å². The number of nitrogens with one attached hydrogen (secondary N) is 1. The van der Waals surface area contributed by atoms with Gasteiger partial charge in [0.1, 0.15) is 16.5 Å². The summed E-state index contributed by atoms with van der Waals surface area (Å²) in [6.45, 7) is 4.72. The van der Waals surface area contributed by atoms with Crippen molar-refractivity contribution >= 4 is 40.6 Å². The van der Waals surface area contributed by atoms with Gasteiger partial charge in [-0.15, -0.1) is 23.7 Å². The minimum atomic E-state index is -0.434. The lowest BCUT2D eigenvalue weighted by Crippen LogP contribution is -2.29. The van der Waals surface area contributed by atoms with E-state index in [9.17, 15) is 9.59 Å². The smallest absolute Gasteiger partial charge is 0.341 e. The van der Waals surface area contributed by atoms with Gasteiger partial charge in [0.05, 0.1) is 19.3 Å². The molecule has 0 spiro atoms. The number of amides is 1. The van der Waals surface area contributed by atoms with Crippen molar-refractivity contribution in [2.24, 2.45) is 0 Å². The summed E-state index contributed by atoms with van der Waals surface area (Å²) >= 11 is 1.43. The number of fused-ring (bicyclic) bond motifs is 1. The largest absolute Gasteiger partial charge is 0.494 e. The fourth-order valence-corrected chi connectivity index (χ4v) is 5.24. The Labute approximate surface area is 215 Å². The standard InChI is InChI=1S/C26H28N2O5S.ClH/c1-3-32-19-9-11-20(12-10-19)33-17-23(29)27-25-24(26(30)31-2)21-13-14-28(16-22(21)34-25)15-18-7-5-4-6-8-18;/h4-12H,3,13-17H2,1-2H3,(H,27,29);1H. The highest BCUT2D eigenvalue weighted by Gasteiger charge is 2.29. The first-order valence-corrected chi connectivity index (χ1v) is 12.0. The quantitative estimate of drug-likeness (QED) is 0.406. The topological polar surface area (TPSA) is 77.1 Å². The Balaban J connectivity index is 0.00000342. The molecule has 0 fully saturated rings. The SMILES string of the molecule is CCOc1ccc(OCC(=O)Nc2sc3c(c2C(=O)OC)CCN(Cc2ccccc2)C3)cc1.Cl. The number of methoxy groups -OCH3 is 1. The Kier molecular flexibility index (Phi) is 9.54. The normalized spacial score (nSPS) is 12.7. The predicted molar refractivity (Wildman–Crippen MR) is 139 cm³/mol. The van der Waals surface area contributed by atoms with E-state index in [0.29, 0.717) is 22.9 Å². The number of carbonyl (C=O) groups is 2. The van der Waals surface area contributed by atoms with Gasteiger partial charge in [0.2, 0.25) is 0 Å². The summed E-state index contributed by atoms with van der Waals surface area (Å²) in [7, 11) is 1.36. The lowest BCUT2D eigenvalue weighted by molar-refractivity contribution is -0.118. The van der Waals surface area contributed by atoms with Gasteiger partial charge in [0.15, 0.2) is 6.61 Å². The number of benzene rings is 2. The molecule has 3 aromatic rings. The van der Waals surface area contributed by atoms with E-state index in [0.717, 1.165) is 42.2 Å². The van der Waals surface area contributed by atoms with E-state index in [2.05, 4.69) is 22.3 Å². The van der Waals surface area contributed by atoms with Crippen LogP contribution in [0.1, 0.15) is 33.3 Å². The van der Waals surface area contributed by atoms with Crippen LogP contribution in [0.4, 0.5) is 5.00 Å². The first-order chi connectivity index (χ1) is 16.6. The molecule has 0 saturated heterocycles. The maximum absolute atomic E-state index is 12.6. The molecule has 9 heteroatoms. The summed E-state index contributed by atoms with van der Waals surface area (Å²) in [6.07, 6.45) is 0.724. The van der Waals surface area contributed by atoms with Crippen molar-refractivity contribution in [1.82, 2.24) is 4.90 Å². The first-order valence-electron chi connectivity index (χ1n) is 11.2. The number of hydrogen-bond donors (Lipinski definition) is 1. The van der Waals surface area contributed by atoms with Gasteiger partial charge >= 0.3 is 5.97 Å². The highest BCUT2D eigenvalue weighted by molar-refractivity contribution is 7.17. The number of carbonyl (C=O) groups excluding carboxylic acids is 2. The third kappa shape index (κ3) is 6.75. The van der Waals surface area contributed by atoms with Gasteiger partial charge in [0.25, 0.3) is 5.91 Å². The molecule has 0 atom stereocenters. The molecule has 0 unspecified atom stereocenters. The number of hydrogen-bond acceptors (Lipinski definition) is 7. The molecule has 4 rings (SSSR count). The first kappa shape index (κ1) is 26.5. The molecule has 1 aliphatic rings. The van der Waals surface area contributed by atoms with E-state index in [1.807, 2.05) is 25.1 Å². The average Bonchev–Trinajstić information content (AvgIpc) is 3.21. The predicted octanol–water partition coefficient (Wildman–Crippen LogP) is 4.93. The van der Waals surface area contributed by atoms with Gasteiger partial charge in [-0.05, 0) is 48.7 Å². The van der Waals surface area contributed by atoms with Crippen molar-refractivity contribution in [3.8, 4) is 11.5 Å². The number of esters is 1. The van der Waals surface area contributed by atoms with Crippen LogP contribution in [0.25, 0.3) is 0 Å². The van der Waals surface area contributed by atoms with Crippen LogP contribution >= 0.6 is 23.7 Å². The van der Waals surface area contributed by atoms with Crippen LogP contribution in [-0.2, 0) is 29.0 Å². The van der Waals surface area contributed by atoms with Gasteiger partial charge < -0.3 is 19.5 Å². The number of halogens is 1. The minimum Gasteiger partial charge on any atom is -0.494 e. The second-order valence-corrected chi connectivity index (χ2v) is 8.99. The van der Waals surface area contributed by atoms with Crippen molar-refractivity contribution in [2.75, 3.05) is 32.2 Å². The Morgan fingerprint density at radius 3 is 2.37 bits per heavy atom. The summed E-state index contributed by atoms with van der Waals surface area (Å²) in [5.41, 5.74) is 2.66. The molecule has 0 saturated carbocycles. The van der Waals surface area contributed by atoms with Crippen LogP contribution < -0.4 is 14.8 Å². The fraction of sp³-hybridized carbons (Fsp3) is 0.308. The molecule has 2 aromatic carbocycles. The molecule has 0 aliphatic carbocycles. The molecule has 1 amide bonds. The Bertz CT molecular complexity index is 1130. The summed E-state index contributed by atoms with van der Waals surface area (Å²) in [4.78, 5) is 28.6. The van der Waals surface area contributed by atoms with Crippen LogP contribution in [0.15, 0.2) is 54.6 Å². The van der Waals surface area contributed by atoms with Crippen molar-refractivity contribution in [3.05, 3.63) is 76.2 Å². The third-order valence-electron chi connectivity index (χ3n) is 5.53. The van der Waals surface area contributed by atoms with E-state index in [4.69, 9.17) is 14.2 Å². The second kappa shape index (κ2) is 12.6. The Morgan fingerprint density at radius 2 is 1.71 bits per heavy atom. The molecule has 186 valence electrons. The van der Waals surface area contributed by atoms with Crippen molar-refractivity contribution in [3.63, 3.8) is 0 Å². The lowest BCUT2D eigenvalue weighted by Gasteiger charge is -2.27. The Morgan fingerprint density at radius 1 is 1.03 bits per heavy atom. The fourth-order valence-electron chi connectivity index (χ4n) is 3.95. The van der Waals surface area contributed by atoms with Crippen molar-refractivity contribution in [2.45, 2.75) is 26.4 Å². The van der Waals surface area contributed by atoms with E-state index < -0.39 is 5.97 Å². The van der Waals surface area contributed by atoms with E-state index >= 15 is 0 Å². The van der Waals surface area contributed by atoms with Gasteiger partial charge in [0, 0.05) is 24.5 Å². The molecular formula is C26H29ClN2O5S. The van der Waals surface area contributed by atoms with Gasteiger partial charge in [-0.1, -0.05) is 30.3 Å². The molecule has 0 bridgehead atoms. The minimum absolute atomic E-state index is 0. The molecule has 0 radical (unpaired) electrons. The summed E-state index contributed by atoms with van der Waals surface area (Å²) in [5.74, 6) is 0.539. The summed E-state index contributed by atoms with van der Waals surface area (Å²) < 4.78 is 16.0. The van der Waals surface area contributed by atoms with Crippen molar-refractivity contribution < 1.29 is 23.8 Å². The molecular weight excluding hydrogens is 488 g/mol. The van der Waals surface area contributed by atoms with Crippen LogP contribution in [0.5, 0.6) is 11.5 Å². The number of anilines is 1. The number of thiophene rings is 1.